The Kier molecular flexibility index (Phi) is 1.89. The van der Waals surface area contributed by atoms with Crippen molar-refractivity contribution in [2.24, 2.45) is 0 Å². The Bertz CT molecular complexity index is 534. The maximum Gasteiger partial charge on any atom is 0.229 e. The van der Waals surface area contributed by atoms with E-state index >= 15 is 0 Å². The summed E-state index contributed by atoms with van der Waals surface area (Å²) >= 11 is 0. The van der Waals surface area contributed by atoms with Gasteiger partial charge in [0.05, 0.1) is 11.8 Å². The van der Waals surface area contributed by atoms with Crippen molar-refractivity contribution in [2.45, 2.75) is 19.4 Å². The second-order valence-corrected chi connectivity index (χ2v) is 4.06. The van der Waals surface area contributed by atoms with Gasteiger partial charge in [0.2, 0.25) is 5.88 Å². The summed E-state index contributed by atoms with van der Waals surface area (Å²) in [6, 6.07) is 6.07. The highest BCUT2D eigenvalue weighted by molar-refractivity contribution is 5.73. The second kappa shape index (κ2) is 3.27. The van der Waals surface area contributed by atoms with Crippen molar-refractivity contribution in [3.63, 3.8) is 0 Å². The van der Waals surface area contributed by atoms with Crippen LogP contribution in [-0.2, 0) is 6.42 Å². The molecule has 3 rings (SSSR count). The van der Waals surface area contributed by atoms with Crippen molar-refractivity contribution in [1.82, 2.24) is 5.16 Å². The molecule has 16 heavy (non-hydrogen) atoms. The van der Waals surface area contributed by atoms with Crippen LogP contribution in [0.25, 0.3) is 11.1 Å². The predicted molar refractivity (Wildman–Crippen MR) is 60.1 cm³/mol. The van der Waals surface area contributed by atoms with E-state index in [0.29, 0.717) is 5.88 Å². The lowest BCUT2D eigenvalue weighted by atomic mass is 10.0. The van der Waals surface area contributed by atoms with Gasteiger partial charge in [-0.25, -0.2) is 0 Å². The van der Waals surface area contributed by atoms with Crippen LogP contribution in [0.5, 0.6) is 5.75 Å². The number of anilines is 1. The standard InChI is InChI=1S/C12H12N2O2/c1-7-4-9-3-2-8(5-11(9)15-7)10-6-14-16-12(10)13/h2-3,5-7H,4,13H2,1H3. The van der Waals surface area contributed by atoms with Crippen LogP contribution in [-0.4, -0.2) is 11.3 Å². The maximum atomic E-state index is 5.69. The fraction of sp³-hybridized carbons (Fsp3) is 0.250. The molecular formula is C12H12N2O2. The summed E-state index contributed by atoms with van der Waals surface area (Å²) in [6.45, 7) is 2.06. The van der Waals surface area contributed by atoms with Crippen LogP contribution in [0.2, 0.25) is 0 Å². The van der Waals surface area contributed by atoms with E-state index in [4.69, 9.17) is 15.0 Å². The summed E-state index contributed by atoms with van der Waals surface area (Å²) in [5.41, 5.74) is 8.71. The van der Waals surface area contributed by atoms with Gasteiger partial charge in [0.25, 0.3) is 0 Å². The molecule has 1 aromatic carbocycles. The monoisotopic (exact) mass is 216 g/mol. The Morgan fingerprint density at radius 1 is 1.44 bits per heavy atom. The van der Waals surface area contributed by atoms with Gasteiger partial charge in [-0.2, -0.15) is 0 Å². The lowest BCUT2D eigenvalue weighted by Crippen LogP contribution is -2.05. The maximum absolute atomic E-state index is 5.69. The quantitative estimate of drug-likeness (QED) is 0.794. The van der Waals surface area contributed by atoms with Gasteiger partial charge < -0.3 is 15.0 Å². The number of nitrogen functional groups attached to an aromatic ring is 1. The van der Waals surface area contributed by atoms with E-state index in [-0.39, 0.29) is 6.10 Å². The zero-order valence-corrected chi connectivity index (χ0v) is 8.93. The minimum atomic E-state index is 0.255. The smallest absolute Gasteiger partial charge is 0.229 e. The van der Waals surface area contributed by atoms with Crippen molar-refractivity contribution in [2.75, 3.05) is 5.73 Å². The third kappa shape index (κ3) is 1.34. The molecule has 82 valence electrons. The molecule has 1 unspecified atom stereocenters. The number of aromatic nitrogens is 1. The van der Waals surface area contributed by atoms with Crippen molar-refractivity contribution in [3.05, 3.63) is 30.0 Å². The number of fused-ring (bicyclic) bond motifs is 1. The van der Waals surface area contributed by atoms with E-state index in [1.807, 2.05) is 12.1 Å². The first-order chi connectivity index (χ1) is 7.74. The summed E-state index contributed by atoms with van der Waals surface area (Å²) in [4.78, 5) is 0. The zero-order valence-electron chi connectivity index (χ0n) is 8.93. The molecule has 1 atom stereocenters. The topological polar surface area (TPSA) is 61.3 Å². The Morgan fingerprint density at radius 2 is 2.31 bits per heavy atom. The van der Waals surface area contributed by atoms with E-state index in [9.17, 15) is 0 Å². The van der Waals surface area contributed by atoms with Gasteiger partial charge in [0.1, 0.15) is 11.9 Å². The SMILES string of the molecule is CC1Cc2ccc(-c3cnoc3N)cc2O1. The lowest BCUT2D eigenvalue weighted by molar-refractivity contribution is 0.255. The number of hydrogen-bond donors (Lipinski definition) is 1. The molecule has 0 radical (unpaired) electrons. The number of rotatable bonds is 1. The van der Waals surface area contributed by atoms with E-state index in [1.54, 1.807) is 6.20 Å². The Balaban J connectivity index is 2.06. The Hall–Kier alpha value is -1.97. The molecule has 0 bridgehead atoms. The van der Waals surface area contributed by atoms with Crippen molar-refractivity contribution in [1.29, 1.82) is 0 Å². The zero-order chi connectivity index (χ0) is 11.1. The lowest BCUT2D eigenvalue weighted by Gasteiger charge is -2.04. The number of nitrogens with two attached hydrogens (primary N) is 1. The van der Waals surface area contributed by atoms with Gasteiger partial charge in [-0.3, -0.25) is 0 Å². The van der Waals surface area contributed by atoms with Crippen LogP contribution in [0.3, 0.4) is 0 Å². The predicted octanol–water partition coefficient (Wildman–Crippen LogP) is 2.25. The van der Waals surface area contributed by atoms with Crippen molar-refractivity contribution in [3.8, 4) is 16.9 Å². The van der Waals surface area contributed by atoms with E-state index in [0.717, 1.165) is 23.3 Å². The first-order valence-corrected chi connectivity index (χ1v) is 5.24. The second-order valence-electron chi connectivity index (χ2n) is 4.06. The summed E-state index contributed by atoms with van der Waals surface area (Å²) in [5, 5.41) is 3.67. The summed E-state index contributed by atoms with van der Waals surface area (Å²) in [5.74, 6) is 1.27. The molecule has 2 heterocycles. The van der Waals surface area contributed by atoms with Crippen LogP contribution in [0, 0.1) is 0 Å². The Morgan fingerprint density at radius 3 is 3.06 bits per heavy atom. The van der Waals surface area contributed by atoms with Crippen LogP contribution in [0.1, 0.15) is 12.5 Å². The van der Waals surface area contributed by atoms with E-state index in [2.05, 4.69) is 18.1 Å². The van der Waals surface area contributed by atoms with Gasteiger partial charge >= 0.3 is 0 Å². The van der Waals surface area contributed by atoms with E-state index < -0.39 is 0 Å². The van der Waals surface area contributed by atoms with Gasteiger partial charge in [0, 0.05) is 6.42 Å². The number of hydrogen-bond acceptors (Lipinski definition) is 4. The van der Waals surface area contributed by atoms with Crippen molar-refractivity contribution >= 4 is 5.88 Å². The number of nitrogens with zero attached hydrogens (tertiary/aromatic N) is 1. The highest BCUT2D eigenvalue weighted by Gasteiger charge is 2.20. The molecule has 0 amide bonds. The Labute approximate surface area is 93.0 Å². The van der Waals surface area contributed by atoms with Crippen LogP contribution < -0.4 is 10.5 Å². The molecule has 0 fully saturated rings. The third-order valence-electron chi connectivity index (χ3n) is 2.81. The normalized spacial score (nSPS) is 18.2. The van der Waals surface area contributed by atoms with Gasteiger partial charge in [-0.1, -0.05) is 17.3 Å². The molecular weight excluding hydrogens is 204 g/mol. The van der Waals surface area contributed by atoms with Crippen LogP contribution >= 0.6 is 0 Å². The molecule has 4 heteroatoms. The van der Waals surface area contributed by atoms with Gasteiger partial charge in [0.15, 0.2) is 0 Å². The molecule has 1 aliphatic rings. The average Bonchev–Trinajstić information content (AvgIpc) is 2.81. The minimum Gasteiger partial charge on any atom is -0.490 e. The van der Waals surface area contributed by atoms with Crippen molar-refractivity contribution < 1.29 is 9.26 Å². The summed E-state index contributed by atoms with van der Waals surface area (Å²) < 4.78 is 10.5. The van der Waals surface area contributed by atoms with Gasteiger partial charge in [-0.05, 0) is 24.1 Å². The van der Waals surface area contributed by atoms with Crippen LogP contribution in [0.15, 0.2) is 28.9 Å². The highest BCUT2D eigenvalue weighted by Crippen LogP contribution is 2.34. The molecule has 0 saturated carbocycles. The van der Waals surface area contributed by atoms with Gasteiger partial charge in [-0.15, -0.1) is 0 Å². The minimum absolute atomic E-state index is 0.255. The molecule has 0 aliphatic carbocycles. The largest absolute Gasteiger partial charge is 0.490 e. The molecule has 2 aromatic rings. The highest BCUT2D eigenvalue weighted by atomic mass is 16.5. The molecule has 1 aliphatic heterocycles. The molecule has 0 saturated heterocycles. The first-order valence-electron chi connectivity index (χ1n) is 5.24. The fourth-order valence-corrected chi connectivity index (χ4v) is 2.03. The molecule has 2 N–H and O–H groups in total. The average molecular weight is 216 g/mol. The molecule has 4 nitrogen and oxygen atoms in total. The summed E-state index contributed by atoms with van der Waals surface area (Å²) in [7, 11) is 0. The molecule has 1 aromatic heterocycles. The number of benzene rings is 1. The summed E-state index contributed by atoms with van der Waals surface area (Å²) in [6.07, 6.45) is 2.84. The fourth-order valence-electron chi connectivity index (χ4n) is 2.03. The molecule has 0 spiro atoms. The van der Waals surface area contributed by atoms with Crippen LogP contribution in [0.4, 0.5) is 5.88 Å². The third-order valence-corrected chi connectivity index (χ3v) is 2.81. The first kappa shape index (κ1) is 9.27. The van der Waals surface area contributed by atoms with E-state index in [1.165, 1.54) is 5.56 Å². The number of ether oxygens (including phenoxy) is 1.